The van der Waals surface area contributed by atoms with E-state index in [1.165, 1.54) is 17.0 Å². The van der Waals surface area contributed by atoms with Gasteiger partial charge in [0.05, 0.1) is 5.69 Å². The minimum atomic E-state index is 0.0483. The third-order valence-electron chi connectivity index (χ3n) is 5.31. The minimum Gasteiger partial charge on any atom is -0.486 e. The molecule has 0 amide bonds. The van der Waals surface area contributed by atoms with Crippen molar-refractivity contribution in [2.24, 2.45) is 0 Å². The van der Waals surface area contributed by atoms with Crippen LogP contribution in [0.4, 0.5) is 0 Å². The molecule has 1 aromatic carbocycles. The molecule has 0 spiro atoms. The van der Waals surface area contributed by atoms with Gasteiger partial charge in [-0.3, -0.25) is 14.1 Å². The first-order valence-electron chi connectivity index (χ1n) is 9.78. The Morgan fingerprint density at radius 1 is 1.11 bits per heavy atom. The van der Waals surface area contributed by atoms with Crippen LogP contribution in [0.5, 0.6) is 11.5 Å². The molecule has 0 unspecified atom stereocenters. The van der Waals surface area contributed by atoms with Gasteiger partial charge in [-0.1, -0.05) is 6.07 Å². The predicted octanol–water partition coefficient (Wildman–Crippen LogP) is 3.04. The van der Waals surface area contributed by atoms with Crippen LogP contribution in [0.25, 0.3) is 4.96 Å². The van der Waals surface area contributed by atoms with Crippen molar-refractivity contribution in [2.75, 3.05) is 20.3 Å². The quantitative estimate of drug-likeness (QED) is 0.677. The molecule has 2 aromatic heterocycles. The number of fused-ring (bicyclic) bond motifs is 4. The van der Waals surface area contributed by atoms with Crippen LogP contribution in [0.2, 0.25) is 0 Å². The molecule has 0 bridgehead atoms. The van der Waals surface area contributed by atoms with Crippen molar-refractivity contribution < 1.29 is 9.47 Å². The SMILES string of the molecule is CN(Cc1ccc2c(c1)OCCO2)Cc1cc(=O)n2c3c(sc2n1)CCCC3. The van der Waals surface area contributed by atoms with Gasteiger partial charge in [-0.15, -0.1) is 11.3 Å². The summed E-state index contributed by atoms with van der Waals surface area (Å²) >= 11 is 1.68. The maximum atomic E-state index is 12.7. The highest BCUT2D eigenvalue weighted by atomic mass is 32.1. The molecule has 6 nitrogen and oxygen atoms in total. The van der Waals surface area contributed by atoms with Crippen molar-refractivity contribution in [1.82, 2.24) is 14.3 Å². The average molecular weight is 398 g/mol. The third kappa shape index (κ3) is 3.29. The number of nitrogens with zero attached hydrogens (tertiary/aromatic N) is 3. The Balaban J connectivity index is 1.35. The van der Waals surface area contributed by atoms with Gasteiger partial charge in [0, 0.05) is 29.7 Å². The van der Waals surface area contributed by atoms with E-state index in [2.05, 4.69) is 11.0 Å². The lowest BCUT2D eigenvalue weighted by atomic mass is 10.0. The number of benzene rings is 1. The summed E-state index contributed by atoms with van der Waals surface area (Å²) in [5, 5.41) is 0. The van der Waals surface area contributed by atoms with Gasteiger partial charge in [-0.2, -0.15) is 0 Å². The van der Waals surface area contributed by atoms with Gasteiger partial charge in [0.1, 0.15) is 13.2 Å². The van der Waals surface area contributed by atoms with Gasteiger partial charge in [-0.05, 0) is 50.4 Å². The zero-order chi connectivity index (χ0) is 19.1. The number of aromatic nitrogens is 2. The number of rotatable bonds is 4. The second kappa shape index (κ2) is 7.22. The van der Waals surface area contributed by atoms with Crippen LogP contribution in [0.1, 0.15) is 34.7 Å². The molecule has 0 saturated carbocycles. The normalized spacial score (nSPS) is 15.8. The van der Waals surface area contributed by atoms with Crippen LogP contribution >= 0.6 is 11.3 Å². The largest absolute Gasteiger partial charge is 0.486 e. The number of hydrogen-bond acceptors (Lipinski definition) is 6. The monoisotopic (exact) mass is 397 g/mol. The highest BCUT2D eigenvalue weighted by Crippen LogP contribution is 2.31. The Hall–Kier alpha value is -2.38. The molecule has 1 aliphatic heterocycles. The van der Waals surface area contributed by atoms with Crippen molar-refractivity contribution in [3.05, 3.63) is 56.4 Å². The first kappa shape index (κ1) is 17.7. The lowest BCUT2D eigenvalue weighted by molar-refractivity contribution is 0.171. The van der Waals surface area contributed by atoms with Gasteiger partial charge in [0.25, 0.3) is 5.56 Å². The molecule has 7 heteroatoms. The van der Waals surface area contributed by atoms with E-state index in [4.69, 9.17) is 14.5 Å². The molecule has 0 saturated heterocycles. The van der Waals surface area contributed by atoms with Crippen LogP contribution in [-0.4, -0.2) is 34.5 Å². The van der Waals surface area contributed by atoms with Crippen molar-refractivity contribution in [1.29, 1.82) is 0 Å². The number of thiazole rings is 1. The summed E-state index contributed by atoms with van der Waals surface area (Å²) in [6.45, 7) is 2.56. The van der Waals surface area contributed by atoms with Crippen molar-refractivity contribution in [3.63, 3.8) is 0 Å². The van der Waals surface area contributed by atoms with Gasteiger partial charge < -0.3 is 9.47 Å². The molecular weight excluding hydrogens is 374 g/mol. The van der Waals surface area contributed by atoms with E-state index < -0.39 is 0 Å². The smallest absolute Gasteiger partial charge is 0.259 e. The fourth-order valence-electron chi connectivity index (χ4n) is 4.05. The second-order valence-electron chi connectivity index (χ2n) is 7.53. The first-order valence-corrected chi connectivity index (χ1v) is 10.6. The Morgan fingerprint density at radius 3 is 2.82 bits per heavy atom. The predicted molar refractivity (Wildman–Crippen MR) is 109 cm³/mol. The zero-order valence-electron chi connectivity index (χ0n) is 15.9. The topological polar surface area (TPSA) is 56.1 Å². The molecule has 3 heterocycles. The Kier molecular flexibility index (Phi) is 4.56. The van der Waals surface area contributed by atoms with Crippen LogP contribution in [0.15, 0.2) is 29.1 Å². The van der Waals surface area contributed by atoms with Crippen molar-refractivity contribution in [2.45, 2.75) is 38.8 Å². The standard InChI is InChI=1S/C21H23N3O3S/c1-23(12-14-6-7-17-18(10-14)27-9-8-26-17)13-15-11-20(25)24-16-4-2-3-5-19(16)28-21(24)22-15/h6-7,10-11H,2-5,8-9,12-13H2,1H3. The molecule has 5 rings (SSSR count). The number of hydrogen-bond donors (Lipinski definition) is 0. The highest BCUT2D eigenvalue weighted by molar-refractivity contribution is 7.17. The van der Waals surface area contributed by atoms with Crippen molar-refractivity contribution >= 4 is 16.3 Å². The number of ether oxygens (including phenoxy) is 2. The summed E-state index contributed by atoms with van der Waals surface area (Å²) in [4.78, 5) is 21.8. The molecule has 3 aromatic rings. The van der Waals surface area contributed by atoms with E-state index >= 15 is 0 Å². The summed E-state index contributed by atoms with van der Waals surface area (Å²) in [6.07, 6.45) is 4.42. The van der Waals surface area contributed by atoms with E-state index in [0.717, 1.165) is 53.5 Å². The Morgan fingerprint density at radius 2 is 1.93 bits per heavy atom. The van der Waals surface area contributed by atoms with Gasteiger partial charge in [0.2, 0.25) is 0 Å². The average Bonchev–Trinajstić information content (AvgIpc) is 3.06. The van der Waals surface area contributed by atoms with Gasteiger partial charge >= 0.3 is 0 Å². The number of aryl methyl sites for hydroxylation is 2. The summed E-state index contributed by atoms with van der Waals surface area (Å²) in [7, 11) is 2.04. The lowest BCUT2D eigenvalue weighted by Gasteiger charge is -2.21. The summed E-state index contributed by atoms with van der Waals surface area (Å²) in [5.41, 5.74) is 3.20. The molecule has 0 atom stereocenters. The van der Waals surface area contributed by atoms with Crippen LogP contribution in [0.3, 0.4) is 0 Å². The molecule has 1 aliphatic carbocycles. The van der Waals surface area contributed by atoms with E-state index in [1.54, 1.807) is 17.4 Å². The molecule has 2 aliphatic rings. The molecular formula is C21H23N3O3S. The second-order valence-corrected chi connectivity index (χ2v) is 8.60. The summed E-state index contributed by atoms with van der Waals surface area (Å²) in [6, 6.07) is 7.74. The fraction of sp³-hybridized carbons (Fsp3) is 0.429. The highest BCUT2D eigenvalue weighted by Gasteiger charge is 2.19. The van der Waals surface area contributed by atoms with Crippen LogP contribution < -0.4 is 15.0 Å². The van der Waals surface area contributed by atoms with Crippen LogP contribution in [0, 0.1) is 0 Å². The van der Waals surface area contributed by atoms with E-state index in [0.29, 0.717) is 19.8 Å². The molecule has 0 N–H and O–H groups in total. The van der Waals surface area contributed by atoms with E-state index in [-0.39, 0.29) is 5.56 Å². The third-order valence-corrected chi connectivity index (χ3v) is 6.45. The van der Waals surface area contributed by atoms with E-state index in [9.17, 15) is 4.79 Å². The Labute approximate surface area is 167 Å². The summed E-state index contributed by atoms with van der Waals surface area (Å²) in [5.74, 6) is 1.61. The van der Waals surface area contributed by atoms with Gasteiger partial charge in [-0.25, -0.2) is 4.98 Å². The maximum absolute atomic E-state index is 12.7. The zero-order valence-corrected chi connectivity index (χ0v) is 16.8. The molecule has 146 valence electrons. The maximum Gasteiger partial charge on any atom is 0.259 e. The molecule has 0 fully saturated rings. The minimum absolute atomic E-state index is 0.0483. The Bertz CT molecular complexity index is 1090. The molecule has 28 heavy (non-hydrogen) atoms. The van der Waals surface area contributed by atoms with Crippen LogP contribution in [-0.2, 0) is 25.9 Å². The first-order chi connectivity index (χ1) is 13.7. The van der Waals surface area contributed by atoms with Crippen molar-refractivity contribution in [3.8, 4) is 11.5 Å². The fourth-order valence-corrected chi connectivity index (χ4v) is 5.29. The van der Waals surface area contributed by atoms with E-state index in [1.807, 2.05) is 23.6 Å². The molecule has 0 radical (unpaired) electrons. The lowest BCUT2D eigenvalue weighted by Crippen LogP contribution is -2.22. The summed E-state index contributed by atoms with van der Waals surface area (Å²) < 4.78 is 13.1. The van der Waals surface area contributed by atoms with Gasteiger partial charge in [0.15, 0.2) is 16.5 Å².